The number of thioether (sulfide) groups is 1. The second-order valence-electron chi connectivity index (χ2n) is 6.27. The van der Waals surface area contributed by atoms with E-state index in [0.717, 1.165) is 23.9 Å². The maximum atomic E-state index is 12.6. The molecule has 1 aromatic carbocycles. The Morgan fingerprint density at radius 3 is 2.77 bits per heavy atom. The van der Waals surface area contributed by atoms with Crippen molar-refractivity contribution in [2.24, 2.45) is 7.05 Å². The Hall–Kier alpha value is -2.81. The number of nitrogens with one attached hydrogen (secondary N) is 1. The zero-order valence-corrected chi connectivity index (χ0v) is 14.9. The van der Waals surface area contributed by atoms with Crippen LogP contribution in [0.4, 0.5) is 5.82 Å². The number of aryl methyl sites for hydroxylation is 1. The predicted octanol–water partition coefficient (Wildman–Crippen LogP) is 1.32. The zero-order chi connectivity index (χ0) is 18.4. The van der Waals surface area contributed by atoms with Gasteiger partial charge in [-0.05, 0) is 25.0 Å². The van der Waals surface area contributed by atoms with Gasteiger partial charge in [-0.15, -0.1) is 0 Å². The van der Waals surface area contributed by atoms with Gasteiger partial charge in [-0.2, -0.15) is 0 Å². The van der Waals surface area contributed by atoms with E-state index in [2.05, 4.69) is 9.97 Å². The number of hydrogen-bond acceptors (Lipinski definition) is 6. The first-order valence-electron chi connectivity index (χ1n) is 8.19. The number of imidazole rings is 1. The maximum Gasteiger partial charge on any atom is 0.330 e. The molecule has 0 unspecified atom stereocenters. The standard InChI is InChI=1S/C17H17N5O3S/c1-21-11-5-3-2-4-10(11)19-17(21)26-8-12(23)13-14(18)22(9-6-7-9)16(25)20-15(13)24/h2-5,9H,6-8,18H2,1H3,(H,20,24,25). The predicted molar refractivity (Wildman–Crippen MR) is 99.8 cm³/mol. The SMILES string of the molecule is Cn1c(SCC(=O)c2c(N)n(C3CC3)c(=O)[nH]c2=O)nc2ccccc21. The number of benzene rings is 1. The number of ketones is 1. The van der Waals surface area contributed by atoms with Crippen molar-refractivity contribution in [3.05, 3.63) is 50.7 Å². The molecule has 3 aromatic rings. The molecular formula is C17H17N5O3S. The lowest BCUT2D eigenvalue weighted by Gasteiger charge is -2.10. The van der Waals surface area contributed by atoms with Gasteiger partial charge in [-0.1, -0.05) is 23.9 Å². The monoisotopic (exact) mass is 371 g/mol. The number of hydrogen-bond donors (Lipinski definition) is 2. The molecule has 134 valence electrons. The van der Waals surface area contributed by atoms with Crippen molar-refractivity contribution in [1.29, 1.82) is 0 Å². The molecule has 2 aromatic heterocycles. The van der Waals surface area contributed by atoms with Crippen LogP contribution in [0.2, 0.25) is 0 Å². The molecule has 8 nitrogen and oxygen atoms in total. The first-order chi connectivity index (χ1) is 12.5. The lowest BCUT2D eigenvalue weighted by atomic mass is 10.2. The fourth-order valence-electron chi connectivity index (χ4n) is 2.99. The third-order valence-corrected chi connectivity index (χ3v) is 5.48. The molecule has 0 aliphatic heterocycles. The Morgan fingerprint density at radius 2 is 2.08 bits per heavy atom. The molecule has 9 heteroatoms. The minimum Gasteiger partial charge on any atom is -0.384 e. The van der Waals surface area contributed by atoms with Gasteiger partial charge in [0.25, 0.3) is 5.56 Å². The molecule has 1 aliphatic rings. The Morgan fingerprint density at radius 1 is 1.35 bits per heavy atom. The van der Waals surface area contributed by atoms with E-state index in [1.807, 2.05) is 35.9 Å². The van der Waals surface area contributed by atoms with Gasteiger partial charge < -0.3 is 10.3 Å². The molecule has 0 amide bonds. The molecule has 0 atom stereocenters. The van der Waals surface area contributed by atoms with E-state index in [-0.39, 0.29) is 23.2 Å². The van der Waals surface area contributed by atoms with Crippen LogP contribution in [0.3, 0.4) is 0 Å². The van der Waals surface area contributed by atoms with Crippen molar-refractivity contribution in [2.75, 3.05) is 11.5 Å². The van der Waals surface area contributed by atoms with E-state index in [1.54, 1.807) is 0 Å². The van der Waals surface area contributed by atoms with E-state index in [9.17, 15) is 14.4 Å². The highest BCUT2D eigenvalue weighted by Gasteiger charge is 2.30. The smallest absolute Gasteiger partial charge is 0.330 e. The van der Waals surface area contributed by atoms with E-state index in [0.29, 0.717) is 5.16 Å². The number of H-pyrrole nitrogens is 1. The molecule has 1 saturated carbocycles. The van der Waals surface area contributed by atoms with Crippen LogP contribution in [0.25, 0.3) is 11.0 Å². The average molecular weight is 371 g/mol. The Kier molecular flexibility index (Phi) is 3.95. The van der Waals surface area contributed by atoms with Crippen molar-refractivity contribution >= 4 is 34.4 Å². The van der Waals surface area contributed by atoms with Crippen LogP contribution >= 0.6 is 11.8 Å². The molecule has 3 N–H and O–H groups in total. The quantitative estimate of drug-likeness (QED) is 0.516. The normalized spacial score (nSPS) is 14.0. The lowest BCUT2D eigenvalue weighted by Crippen LogP contribution is -2.36. The number of nitrogens with two attached hydrogens (primary N) is 1. The number of carbonyl (C=O) groups is 1. The summed E-state index contributed by atoms with van der Waals surface area (Å²) in [4.78, 5) is 43.4. The summed E-state index contributed by atoms with van der Waals surface area (Å²) in [6.07, 6.45) is 1.64. The number of nitrogen functional groups attached to an aromatic ring is 1. The lowest BCUT2D eigenvalue weighted by molar-refractivity contribution is 0.102. The third-order valence-electron chi connectivity index (χ3n) is 4.45. The Labute approximate surface area is 152 Å². The van der Waals surface area contributed by atoms with Gasteiger partial charge in [0.1, 0.15) is 11.4 Å². The second kappa shape index (κ2) is 6.17. The second-order valence-corrected chi connectivity index (χ2v) is 7.22. The highest BCUT2D eigenvalue weighted by molar-refractivity contribution is 7.99. The fraction of sp³-hybridized carbons (Fsp3) is 0.294. The minimum atomic E-state index is -0.736. The molecule has 2 heterocycles. The van der Waals surface area contributed by atoms with E-state index in [4.69, 9.17) is 5.73 Å². The number of anilines is 1. The Balaban J connectivity index is 1.62. The van der Waals surface area contributed by atoms with Crippen molar-refractivity contribution in [3.8, 4) is 0 Å². The van der Waals surface area contributed by atoms with Gasteiger partial charge in [0, 0.05) is 13.1 Å². The average Bonchev–Trinajstić information content (AvgIpc) is 3.37. The van der Waals surface area contributed by atoms with Crippen LogP contribution in [0, 0.1) is 0 Å². The summed E-state index contributed by atoms with van der Waals surface area (Å²) in [5, 5.41) is 0.671. The fourth-order valence-corrected chi connectivity index (χ4v) is 3.84. The highest BCUT2D eigenvalue weighted by Crippen LogP contribution is 2.35. The number of Topliss-reactive ketones (excluding diaryl/α,β-unsaturated/α-hetero) is 1. The number of nitrogens with zero attached hydrogens (tertiary/aromatic N) is 3. The summed E-state index contributed by atoms with van der Waals surface area (Å²) in [7, 11) is 1.87. The topological polar surface area (TPSA) is 116 Å². The summed E-state index contributed by atoms with van der Waals surface area (Å²) >= 11 is 1.23. The zero-order valence-electron chi connectivity index (χ0n) is 14.1. The Bertz CT molecular complexity index is 1140. The molecule has 0 bridgehead atoms. The van der Waals surface area contributed by atoms with Crippen molar-refractivity contribution in [3.63, 3.8) is 0 Å². The van der Waals surface area contributed by atoms with Crippen molar-refractivity contribution < 1.29 is 4.79 Å². The molecule has 1 fully saturated rings. The number of fused-ring (bicyclic) bond motifs is 1. The molecule has 26 heavy (non-hydrogen) atoms. The third kappa shape index (κ3) is 2.74. The molecule has 1 aliphatic carbocycles. The van der Waals surface area contributed by atoms with Crippen LogP contribution in [-0.2, 0) is 7.05 Å². The van der Waals surface area contributed by atoms with E-state index >= 15 is 0 Å². The molecule has 4 rings (SSSR count). The number of para-hydroxylation sites is 2. The summed E-state index contributed by atoms with van der Waals surface area (Å²) in [6, 6.07) is 7.64. The number of rotatable bonds is 5. The molecule has 0 radical (unpaired) electrons. The summed E-state index contributed by atoms with van der Waals surface area (Å²) < 4.78 is 3.21. The molecule has 0 spiro atoms. The number of aromatic nitrogens is 4. The van der Waals surface area contributed by atoms with Crippen LogP contribution in [0.5, 0.6) is 0 Å². The van der Waals surface area contributed by atoms with Crippen LogP contribution in [0.1, 0.15) is 29.2 Å². The summed E-state index contributed by atoms with van der Waals surface area (Å²) in [5.74, 6) is -0.458. The summed E-state index contributed by atoms with van der Waals surface area (Å²) in [6.45, 7) is 0. The maximum absolute atomic E-state index is 12.6. The van der Waals surface area contributed by atoms with Gasteiger partial charge in [-0.3, -0.25) is 19.1 Å². The van der Waals surface area contributed by atoms with E-state index < -0.39 is 17.0 Å². The van der Waals surface area contributed by atoms with E-state index in [1.165, 1.54) is 16.3 Å². The number of aromatic amines is 1. The van der Waals surface area contributed by atoms with Gasteiger partial charge in [0.15, 0.2) is 10.9 Å². The largest absolute Gasteiger partial charge is 0.384 e. The van der Waals surface area contributed by atoms with Crippen molar-refractivity contribution in [2.45, 2.75) is 24.0 Å². The van der Waals surface area contributed by atoms with Gasteiger partial charge in [-0.25, -0.2) is 9.78 Å². The minimum absolute atomic E-state index is 0.00725. The molecular weight excluding hydrogens is 354 g/mol. The number of carbonyl (C=O) groups excluding carboxylic acids is 1. The van der Waals surface area contributed by atoms with Crippen molar-refractivity contribution in [1.82, 2.24) is 19.1 Å². The highest BCUT2D eigenvalue weighted by atomic mass is 32.2. The van der Waals surface area contributed by atoms with Gasteiger partial charge >= 0.3 is 5.69 Å². The van der Waals surface area contributed by atoms with Gasteiger partial charge in [0.05, 0.1) is 16.8 Å². The van der Waals surface area contributed by atoms with Crippen LogP contribution < -0.4 is 17.0 Å². The van der Waals surface area contributed by atoms with Gasteiger partial charge in [0.2, 0.25) is 0 Å². The van der Waals surface area contributed by atoms with Crippen LogP contribution in [-0.4, -0.2) is 30.6 Å². The first kappa shape index (κ1) is 16.6. The first-order valence-corrected chi connectivity index (χ1v) is 9.17. The molecule has 0 saturated heterocycles. The summed E-state index contributed by atoms with van der Waals surface area (Å²) in [5.41, 5.74) is 6.33. The van der Waals surface area contributed by atoms with Crippen LogP contribution in [0.15, 0.2) is 39.0 Å².